The van der Waals surface area contributed by atoms with Crippen molar-refractivity contribution in [1.82, 2.24) is 19.4 Å². The van der Waals surface area contributed by atoms with Gasteiger partial charge < -0.3 is 15.0 Å². The number of rotatable bonds is 2. The molecule has 0 bridgehead atoms. The molecule has 1 amide bonds. The van der Waals surface area contributed by atoms with Crippen LogP contribution in [0.1, 0.15) is 19.3 Å². The lowest BCUT2D eigenvalue weighted by molar-refractivity contribution is 0.0993. The average Bonchev–Trinajstić information content (AvgIpc) is 2.97. The normalized spacial score (nSPS) is 20.0. The third kappa shape index (κ3) is 2.95. The fourth-order valence-corrected chi connectivity index (χ4v) is 3.97. The van der Waals surface area contributed by atoms with E-state index >= 15 is 0 Å². The number of nitrogens with one attached hydrogen (secondary N) is 1. The van der Waals surface area contributed by atoms with Gasteiger partial charge in [-0.05, 0) is 25.0 Å². The van der Waals surface area contributed by atoms with Crippen molar-refractivity contribution >= 4 is 22.8 Å². The van der Waals surface area contributed by atoms with E-state index in [0.29, 0.717) is 19.1 Å². The minimum absolute atomic E-state index is 0.0873. The van der Waals surface area contributed by atoms with Crippen LogP contribution in [0.5, 0.6) is 0 Å². The number of aromatic nitrogens is 2. The summed E-state index contributed by atoms with van der Waals surface area (Å²) in [5, 5.41) is 9.06. The van der Waals surface area contributed by atoms with Gasteiger partial charge >= 0.3 is 11.8 Å². The standard InChI is InChI=1S/C18H22N4O3/c23-17-19-15-3-1-2-4-16(15)22(17)14-7-9-20(10-8-14)13-5-11-21(12-6-13)18(24)25/h1-4,7,13H,5-6,8-12H2,(H,19,23)(H,24,25). The van der Waals surface area contributed by atoms with Crippen LogP contribution >= 0.6 is 0 Å². The zero-order chi connectivity index (χ0) is 17.4. The van der Waals surface area contributed by atoms with Crippen molar-refractivity contribution in [3.63, 3.8) is 0 Å². The second-order valence-electron chi connectivity index (χ2n) is 6.72. The number of fused-ring (bicyclic) bond motifs is 1. The van der Waals surface area contributed by atoms with Crippen LogP contribution < -0.4 is 5.69 Å². The maximum Gasteiger partial charge on any atom is 0.407 e. The fourth-order valence-electron chi connectivity index (χ4n) is 3.97. The van der Waals surface area contributed by atoms with Crippen LogP contribution in [0.3, 0.4) is 0 Å². The highest BCUT2D eigenvalue weighted by Gasteiger charge is 2.28. The number of imidazole rings is 1. The van der Waals surface area contributed by atoms with Crippen molar-refractivity contribution in [3.8, 4) is 0 Å². The quantitative estimate of drug-likeness (QED) is 0.875. The number of H-pyrrole nitrogens is 1. The smallest absolute Gasteiger partial charge is 0.407 e. The van der Waals surface area contributed by atoms with E-state index in [2.05, 4.69) is 16.0 Å². The van der Waals surface area contributed by atoms with Crippen molar-refractivity contribution in [2.45, 2.75) is 25.3 Å². The Morgan fingerprint density at radius 2 is 1.92 bits per heavy atom. The zero-order valence-electron chi connectivity index (χ0n) is 14.0. The molecular formula is C18H22N4O3. The van der Waals surface area contributed by atoms with Gasteiger partial charge in [-0.25, -0.2) is 9.59 Å². The number of amides is 1. The van der Waals surface area contributed by atoms with Crippen LogP contribution in [0.25, 0.3) is 16.7 Å². The first kappa shape index (κ1) is 16.0. The molecule has 2 aliphatic rings. The van der Waals surface area contributed by atoms with Crippen LogP contribution in [0.4, 0.5) is 4.79 Å². The van der Waals surface area contributed by atoms with Crippen molar-refractivity contribution in [3.05, 3.63) is 40.8 Å². The number of nitrogens with zero attached hydrogens (tertiary/aromatic N) is 3. The Kier molecular flexibility index (Phi) is 4.09. The first-order chi connectivity index (χ1) is 12.1. The molecule has 2 aliphatic heterocycles. The summed E-state index contributed by atoms with van der Waals surface area (Å²) in [6, 6.07) is 8.16. The van der Waals surface area contributed by atoms with Gasteiger partial charge in [-0.3, -0.25) is 9.47 Å². The van der Waals surface area contributed by atoms with Crippen LogP contribution in [-0.2, 0) is 0 Å². The highest BCUT2D eigenvalue weighted by atomic mass is 16.4. The summed E-state index contributed by atoms with van der Waals surface area (Å²) in [5.41, 5.74) is 2.73. The summed E-state index contributed by atoms with van der Waals surface area (Å²) in [6.45, 7) is 2.92. The Morgan fingerprint density at radius 3 is 2.60 bits per heavy atom. The van der Waals surface area contributed by atoms with Gasteiger partial charge in [0.2, 0.25) is 0 Å². The van der Waals surface area contributed by atoms with Gasteiger partial charge in [0.15, 0.2) is 0 Å². The molecule has 0 saturated carbocycles. The molecule has 4 rings (SSSR count). The minimum atomic E-state index is -0.821. The Labute approximate surface area is 145 Å². The molecule has 132 valence electrons. The van der Waals surface area contributed by atoms with Gasteiger partial charge in [0, 0.05) is 44.3 Å². The number of carboxylic acid groups (broad SMARTS) is 1. The minimum Gasteiger partial charge on any atom is -0.465 e. The van der Waals surface area contributed by atoms with Gasteiger partial charge in [-0.15, -0.1) is 0 Å². The topological polar surface area (TPSA) is 81.6 Å². The molecule has 1 saturated heterocycles. The van der Waals surface area contributed by atoms with Crippen LogP contribution in [-0.4, -0.2) is 62.8 Å². The molecule has 0 radical (unpaired) electrons. The number of hydrogen-bond donors (Lipinski definition) is 2. The summed E-state index contributed by atoms with van der Waals surface area (Å²) in [4.78, 5) is 30.1. The molecule has 1 fully saturated rings. The first-order valence-electron chi connectivity index (χ1n) is 8.74. The van der Waals surface area contributed by atoms with Gasteiger partial charge in [-0.1, -0.05) is 18.2 Å². The molecule has 0 atom stereocenters. The van der Waals surface area contributed by atoms with Crippen molar-refractivity contribution in [2.75, 3.05) is 26.2 Å². The summed E-state index contributed by atoms with van der Waals surface area (Å²) < 4.78 is 1.78. The average molecular weight is 342 g/mol. The zero-order valence-corrected chi connectivity index (χ0v) is 14.0. The van der Waals surface area contributed by atoms with E-state index in [0.717, 1.165) is 49.1 Å². The Bertz CT molecular complexity index is 874. The predicted octanol–water partition coefficient (Wildman–Crippen LogP) is 2.02. The maximum absolute atomic E-state index is 12.3. The van der Waals surface area contributed by atoms with Gasteiger partial charge in [0.05, 0.1) is 11.0 Å². The number of piperidine rings is 1. The maximum atomic E-state index is 12.3. The van der Waals surface area contributed by atoms with E-state index < -0.39 is 6.09 Å². The number of aromatic amines is 1. The van der Waals surface area contributed by atoms with Crippen molar-refractivity contribution in [1.29, 1.82) is 0 Å². The predicted molar refractivity (Wildman–Crippen MR) is 95.6 cm³/mol. The molecule has 0 aliphatic carbocycles. The molecule has 3 heterocycles. The molecule has 7 heteroatoms. The number of para-hydroxylation sites is 2. The van der Waals surface area contributed by atoms with Crippen LogP contribution in [0, 0.1) is 0 Å². The number of benzene rings is 1. The van der Waals surface area contributed by atoms with E-state index in [-0.39, 0.29) is 5.69 Å². The fraction of sp³-hybridized carbons (Fsp3) is 0.444. The van der Waals surface area contributed by atoms with E-state index in [1.165, 1.54) is 4.90 Å². The molecule has 25 heavy (non-hydrogen) atoms. The molecule has 1 aromatic carbocycles. The molecular weight excluding hydrogens is 320 g/mol. The van der Waals surface area contributed by atoms with E-state index in [9.17, 15) is 9.59 Å². The molecule has 2 N–H and O–H groups in total. The lowest BCUT2D eigenvalue weighted by Gasteiger charge is -2.38. The molecule has 0 spiro atoms. The summed E-state index contributed by atoms with van der Waals surface area (Å²) in [5.74, 6) is 0. The Hall–Kier alpha value is -2.54. The highest BCUT2D eigenvalue weighted by molar-refractivity contribution is 5.79. The number of hydrogen-bond acceptors (Lipinski definition) is 3. The molecule has 7 nitrogen and oxygen atoms in total. The SMILES string of the molecule is O=C(O)N1CCC(N2CC=C(n3c(=O)[nH]c4ccccc43)CC2)CC1. The summed E-state index contributed by atoms with van der Waals surface area (Å²) in [7, 11) is 0. The molecule has 2 aromatic rings. The number of carbonyl (C=O) groups is 1. The monoisotopic (exact) mass is 342 g/mol. The van der Waals surface area contributed by atoms with Crippen molar-refractivity contribution in [2.24, 2.45) is 0 Å². The Morgan fingerprint density at radius 1 is 1.16 bits per heavy atom. The van der Waals surface area contributed by atoms with E-state index in [1.54, 1.807) is 4.57 Å². The molecule has 1 aromatic heterocycles. The van der Waals surface area contributed by atoms with Gasteiger partial charge in [0.1, 0.15) is 0 Å². The van der Waals surface area contributed by atoms with Crippen LogP contribution in [0.15, 0.2) is 35.1 Å². The number of likely N-dealkylation sites (tertiary alicyclic amines) is 1. The van der Waals surface area contributed by atoms with Crippen LogP contribution in [0.2, 0.25) is 0 Å². The lowest BCUT2D eigenvalue weighted by atomic mass is 10.0. The first-order valence-corrected chi connectivity index (χ1v) is 8.74. The second-order valence-corrected chi connectivity index (χ2v) is 6.72. The van der Waals surface area contributed by atoms with E-state index in [4.69, 9.17) is 5.11 Å². The van der Waals surface area contributed by atoms with E-state index in [1.807, 2.05) is 24.3 Å². The van der Waals surface area contributed by atoms with Gasteiger partial charge in [0.25, 0.3) is 0 Å². The highest BCUT2D eigenvalue weighted by Crippen LogP contribution is 2.24. The largest absolute Gasteiger partial charge is 0.465 e. The third-order valence-corrected chi connectivity index (χ3v) is 5.34. The summed E-state index contributed by atoms with van der Waals surface area (Å²) >= 11 is 0. The van der Waals surface area contributed by atoms with Gasteiger partial charge in [-0.2, -0.15) is 0 Å². The second kappa shape index (κ2) is 6.40. The van der Waals surface area contributed by atoms with Crippen molar-refractivity contribution < 1.29 is 9.90 Å². The molecule has 0 unspecified atom stereocenters. The Balaban J connectivity index is 1.48. The lowest BCUT2D eigenvalue weighted by Crippen LogP contribution is -2.47. The summed E-state index contributed by atoms with van der Waals surface area (Å²) in [6.07, 6.45) is 3.89. The third-order valence-electron chi connectivity index (χ3n) is 5.34.